The maximum Gasteiger partial charge on any atom is 0.270 e. The first-order chi connectivity index (χ1) is 15.2. The molecule has 3 heterocycles. The van der Waals surface area contributed by atoms with E-state index in [2.05, 4.69) is 34.6 Å². The Labute approximate surface area is 187 Å². The molecule has 10 heteroatoms. The van der Waals surface area contributed by atoms with E-state index in [0.29, 0.717) is 42.7 Å². The molecular formula is C22H27N5O4Si. The number of hydrogen-bond donors (Lipinski definition) is 0. The van der Waals surface area contributed by atoms with Crippen LogP contribution in [0.3, 0.4) is 0 Å². The lowest BCUT2D eigenvalue weighted by molar-refractivity contribution is -0.384. The van der Waals surface area contributed by atoms with Gasteiger partial charge in [0.1, 0.15) is 24.8 Å². The molecule has 1 aliphatic rings. The molecule has 168 valence electrons. The van der Waals surface area contributed by atoms with E-state index in [1.807, 2.05) is 17.7 Å². The van der Waals surface area contributed by atoms with Crippen molar-refractivity contribution in [3.05, 3.63) is 52.5 Å². The highest BCUT2D eigenvalue weighted by Gasteiger charge is 2.25. The Kier molecular flexibility index (Phi) is 6.07. The average Bonchev–Trinajstić information content (AvgIpc) is 3.34. The molecule has 1 atom stereocenters. The van der Waals surface area contributed by atoms with Gasteiger partial charge < -0.3 is 14.0 Å². The lowest BCUT2D eigenvalue weighted by atomic mass is 10.1. The second kappa shape index (κ2) is 8.79. The van der Waals surface area contributed by atoms with E-state index in [9.17, 15) is 10.1 Å². The highest BCUT2D eigenvalue weighted by molar-refractivity contribution is 6.76. The number of aromatic nitrogens is 3. The number of nitrogens with zero attached hydrogens (tertiary/aromatic N) is 5. The first-order valence-corrected chi connectivity index (χ1v) is 14.3. The largest absolute Gasteiger partial charge is 0.472 e. The van der Waals surface area contributed by atoms with Crippen molar-refractivity contribution in [1.82, 2.24) is 14.5 Å². The number of non-ortho nitro benzene ring substituents is 1. The summed E-state index contributed by atoms with van der Waals surface area (Å²) in [5.74, 6) is 0.532. The van der Waals surface area contributed by atoms with E-state index in [4.69, 9.17) is 9.47 Å². The van der Waals surface area contributed by atoms with Crippen LogP contribution in [0.1, 0.15) is 12.5 Å². The van der Waals surface area contributed by atoms with Crippen molar-refractivity contribution >= 4 is 30.7 Å². The van der Waals surface area contributed by atoms with Crippen LogP contribution >= 0.6 is 0 Å². The van der Waals surface area contributed by atoms with Crippen molar-refractivity contribution in [3.63, 3.8) is 0 Å². The zero-order chi connectivity index (χ0) is 22.9. The monoisotopic (exact) mass is 453 g/mol. The molecule has 0 saturated carbocycles. The van der Waals surface area contributed by atoms with Gasteiger partial charge in [0.2, 0.25) is 5.90 Å². The quantitative estimate of drug-likeness (QED) is 0.215. The fourth-order valence-corrected chi connectivity index (χ4v) is 4.29. The molecule has 1 aromatic carbocycles. The third-order valence-electron chi connectivity index (χ3n) is 5.25. The number of nitro benzene ring substituents is 1. The van der Waals surface area contributed by atoms with E-state index in [-0.39, 0.29) is 11.8 Å². The van der Waals surface area contributed by atoms with Crippen LogP contribution in [0.2, 0.25) is 25.7 Å². The summed E-state index contributed by atoms with van der Waals surface area (Å²) in [6, 6.07) is 7.52. The Morgan fingerprint density at radius 2 is 2.12 bits per heavy atom. The summed E-state index contributed by atoms with van der Waals surface area (Å²) in [4.78, 5) is 24.4. The van der Waals surface area contributed by atoms with Crippen LogP contribution in [0.25, 0.3) is 22.3 Å². The fraction of sp³-hybridized carbons (Fsp3) is 0.409. The Bertz CT molecular complexity index is 1180. The third-order valence-corrected chi connectivity index (χ3v) is 6.95. The molecule has 2 aromatic heterocycles. The zero-order valence-corrected chi connectivity index (χ0v) is 19.7. The number of benzene rings is 1. The third kappa shape index (κ3) is 4.70. The van der Waals surface area contributed by atoms with E-state index >= 15 is 0 Å². The molecule has 0 N–H and O–H groups in total. The van der Waals surface area contributed by atoms with Crippen LogP contribution in [0.4, 0.5) is 5.69 Å². The van der Waals surface area contributed by atoms with E-state index in [1.54, 1.807) is 12.1 Å². The van der Waals surface area contributed by atoms with Crippen molar-refractivity contribution in [3.8, 4) is 11.3 Å². The summed E-state index contributed by atoms with van der Waals surface area (Å²) in [7, 11) is -1.19. The first-order valence-electron chi connectivity index (χ1n) is 10.6. The molecule has 0 aliphatic carbocycles. The summed E-state index contributed by atoms with van der Waals surface area (Å²) in [6.07, 6.45) is 3.38. The lowest BCUT2D eigenvalue weighted by Gasteiger charge is -2.15. The molecule has 0 amide bonds. The standard InChI is InChI=1S/C22H27N5O4Si/c1-15-11-23-22(31-15)18-12-26(14-30-8-9-32(2,3)4)21-19(18)20(24-13-25-21)16-6-5-7-17(10-16)27(28)29/h5-7,10,12-13,15H,8-9,11,14H2,1-4H3. The number of rotatable bonds is 8. The SMILES string of the molecule is CC1CN=C(c2cn(COCC[Si](C)(C)C)c3ncnc(-c4cccc([N+](=O)[O-])c4)c23)O1. The van der Waals surface area contributed by atoms with Gasteiger partial charge in [0, 0.05) is 38.6 Å². The smallest absolute Gasteiger partial charge is 0.270 e. The molecule has 0 fully saturated rings. The molecule has 0 spiro atoms. The topological polar surface area (TPSA) is 105 Å². The van der Waals surface area contributed by atoms with Gasteiger partial charge in [-0.25, -0.2) is 15.0 Å². The Hall–Kier alpha value is -3.11. The maximum atomic E-state index is 11.3. The van der Waals surface area contributed by atoms with Gasteiger partial charge in [-0.05, 0) is 13.0 Å². The zero-order valence-electron chi connectivity index (χ0n) is 18.7. The second-order valence-corrected chi connectivity index (χ2v) is 14.8. The second-order valence-electron chi connectivity index (χ2n) is 9.16. The summed E-state index contributed by atoms with van der Waals surface area (Å²) in [6.45, 7) is 10.5. The predicted octanol–water partition coefficient (Wildman–Crippen LogP) is 4.48. The van der Waals surface area contributed by atoms with Gasteiger partial charge in [0.05, 0.1) is 28.1 Å². The van der Waals surface area contributed by atoms with E-state index < -0.39 is 13.0 Å². The first kappa shape index (κ1) is 22.1. The predicted molar refractivity (Wildman–Crippen MR) is 126 cm³/mol. The van der Waals surface area contributed by atoms with Crippen LogP contribution in [-0.4, -0.2) is 52.7 Å². The Morgan fingerprint density at radius 3 is 2.81 bits per heavy atom. The lowest BCUT2D eigenvalue weighted by Crippen LogP contribution is -2.22. The van der Waals surface area contributed by atoms with Gasteiger partial charge in [0.15, 0.2) is 0 Å². The molecule has 4 rings (SSSR count). The summed E-state index contributed by atoms with van der Waals surface area (Å²) in [5.41, 5.74) is 2.68. The van der Waals surface area contributed by atoms with Gasteiger partial charge in [-0.2, -0.15) is 0 Å². The van der Waals surface area contributed by atoms with E-state index in [0.717, 1.165) is 17.0 Å². The molecule has 0 bridgehead atoms. The molecule has 0 radical (unpaired) electrons. The van der Waals surface area contributed by atoms with Crippen molar-refractivity contribution in [2.75, 3.05) is 13.2 Å². The Morgan fingerprint density at radius 1 is 1.31 bits per heavy atom. The summed E-state index contributed by atoms with van der Waals surface area (Å²) in [5, 5.41) is 12.0. The number of nitro groups is 1. The number of aliphatic imine (C=N–C) groups is 1. The van der Waals surface area contributed by atoms with Crippen molar-refractivity contribution < 1.29 is 14.4 Å². The molecule has 3 aromatic rings. The minimum atomic E-state index is -1.19. The highest BCUT2D eigenvalue weighted by atomic mass is 28.3. The summed E-state index contributed by atoms with van der Waals surface area (Å²) < 4.78 is 13.8. The minimum absolute atomic E-state index is 0.00741. The molecule has 1 unspecified atom stereocenters. The van der Waals surface area contributed by atoms with Gasteiger partial charge in [-0.3, -0.25) is 10.1 Å². The van der Waals surface area contributed by atoms with E-state index in [1.165, 1.54) is 18.5 Å². The number of hydrogen-bond acceptors (Lipinski definition) is 7. The molecular weight excluding hydrogens is 426 g/mol. The van der Waals surface area contributed by atoms with Gasteiger partial charge in [0.25, 0.3) is 5.69 Å². The number of fused-ring (bicyclic) bond motifs is 1. The van der Waals surface area contributed by atoms with Crippen LogP contribution in [0.5, 0.6) is 0 Å². The maximum absolute atomic E-state index is 11.3. The van der Waals surface area contributed by atoms with Crippen molar-refractivity contribution in [2.24, 2.45) is 4.99 Å². The fourth-order valence-electron chi connectivity index (χ4n) is 3.54. The molecule has 32 heavy (non-hydrogen) atoms. The average molecular weight is 454 g/mol. The van der Waals surface area contributed by atoms with Gasteiger partial charge >= 0.3 is 0 Å². The van der Waals surface area contributed by atoms with Crippen LogP contribution in [0, 0.1) is 10.1 Å². The highest BCUT2D eigenvalue weighted by Crippen LogP contribution is 2.33. The molecule has 9 nitrogen and oxygen atoms in total. The van der Waals surface area contributed by atoms with Gasteiger partial charge in [-0.1, -0.05) is 31.8 Å². The molecule has 0 saturated heterocycles. The molecule has 1 aliphatic heterocycles. The minimum Gasteiger partial charge on any atom is -0.472 e. The number of ether oxygens (including phenoxy) is 2. The Balaban J connectivity index is 1.78. The van der Waals surface area contributed by atoms with Crippen molar-refractivity contribution in [1.29, 1.82) is 0 Å². The normalized spacial score (nSPS) is 16.2. The van der Waals surface area contributed by atoms with Crippen LogP contribution in [0.15, 0.2) is 41.8 Å². The van der Waals surface area contributed by atoms with Gasteiger partial charge in [-0.15, -0.1) is 0 Å². The summed E-state index contributed by atoms with van der Waals surface area (Å²) >= 11 is 0. The van der Waals surface area contributed by atoms with Crippen LogP contribution < -0.4 is 0 Å². The van der Waals surface area contributed by atoms with Crippen molar-refractivity contribution in [2.45, 2.75) is 45.4 Å². The van der Waals surface area contributed by atoms with Crippen LogP contribution in [-0.2, 0) is 16.2 Å².